The number of aliphatic carboxylic acids is 1. The molecule has 0 saturated heterocycles. The summed E-state index contributed by atoms with van der Waals surface area (Å²) in [5, 5.41) is 10.9. The van der Waals surface area contributed by atoms with E-state index in [9.17, 15) is 9.59 Å². The first-order chi connectivity index (χ1) is 6.04. The van der Waals surface area contributed by atoms with Crippen molar-refractivity contribution in [3.8, 4) is 0 Å². The highest BCUT2D eigenvalue weighted by Crippen LogP contribution is 1.97. The summed E-state index contributed by atoms with van der Waals surface area (Å²) in [7, 11) is 0. The Bertz CT molecular complexity index is 223. The van der Waals surface area contributed by atoms with E-state index in [0.717, 1.165) is 0 Å². The number of amides is 2. The van der Waals surface area contributed by atoms with E-state index < -0.39 is 12.0 Å². The molecule has 13 heavy (non-hydrogen) atoms. The number of hydrogen-bond donors (Lipinski definition) is 3. The van der Waals surface area contributed by atoms with Crippen molar-refractivity contribution in [3.63, 3.8) is 0 Å². The number of allylic oxidation sites excluding steroid dienone is 1. The van der Waals surface area contributed by atoms with Gasteiger partial charge in [0.05, 0.1) is 0 Å². The molecule has 0 radical (unpaired) electrons. The minimum absolute atomic E-state index is 0.319. The zero-order valence-electron chi connectivity index (χ0n) is 7.54. The van der Waals surface area contributed by atoms with Crippen molar-refractivity contribution < 1.29 is 14.7 Å². The van der Waals surface area contributed by atoms with Gasteiger partial charge in [0.1, 0.15) is 0 Å². The lowest BCUT2D eigenvalue weighted by Gasteiger charge is -1.98. The van der Waals surface area contributed by atoms with Crippen LogP contribution in [0.2, 0.25) is 0 Å². The van der Waals surface area contributed by atoms with E-state index in [0.29, 0.717) is 25.0 Å². The Kier molecular flexibility index (Phi) is 5.34. The molecule has 74 valence electrons. The number of urea groups is 1. The van der Waals surface area contributed by atoms with Gasteiger partial charge in [0.2, 0.25) is 0 Å². The molecule has 0 aliphatic rings. The summed E-state index contributed by atoms with van der Waals surface area (Å²) < 4.78 is 0. The zero-order chi connectivity index (χ0) is 10.3. The maximum Gasteiger partial charge on any atom is 0.330 e. The maximum absolute atomic E-state index is 10.3. The van der Waals surface area contributed by atoms with Crippen LogP contribution in [-0.2, 0) is 4.79 Å². The molecule has 0 fully saturated rings. The van der Waals surface area contributed by atoms with E-state index in [1.807, 2.05) is 0 Å². The van der Waals surface area contributed by atoms with Crippen LogP contribution in [0.25, 0.3) is 0 Å². The molecular formula is C8H14N2O3. The molecular weight excluding hydrogens is 172 g/mol. The smallest absolute Gasteiger partial charge is 0.330 e. The molecule has 0 rings (SSSR count). The second kappa shape index (κ2) is 6.05. The Balaban J connectivity index is 3.50. The van der Waals surface area contributed by atoms with Crippen molar-refractivity contribution in [2.75, 3.05) is 6.54 Å². The van der Waals surface area contributed by atoms with Crippen LogP contribution in [0.5, 0.6) is 0 Å². The molecule has 2 amide bonds. The van der Waals surface area contributed by atoms with Gasteiger partial charge in [0, 0.05) is 12.1 Å². The fourth-order valence-corrected chi connectivity index (χ4v) is 0.720. The number of nitrogens with two attached hydrogens (primary N) is 1. The van der Waals surface area contributed by atoms with E-state index in [-0.39, 0.29) is 0 Å². The third-order valence-electron chi connectivity index (χ3n) is 1.47. The largest absolute Gasteiger partial charge is 0.478 e. The number of carbonyl (C=O) groups excluding carboxylic acids is 1. The van der Waals surface area contributed by atoms with Crippen molar-refractivity contribution in [1.29, 1.82) is 0 Å². The third kappa shape index (κ3) is 6.86. The van der Waals surface area contributed by atoms with E-state index in [1.165, 1.54) is 6.92 Å². The standard InChI is InChI=1S/C8H14N2O3/c1-6(7(11)12)4-2-3-5-10-8(9)13/h4H,2-3,5H2,1H3,(H,11,12)(H3,9,10,13). The van der Waals surface area contributed by atoms with Crippen molar-refractivity contribution >= 4 is 12.0 Å². The van der Waals surface area contributed by atoms with Gasteiger partial charge < -0.3 is 16.2 Å². The van der Waals surface area contributed by atoms with Crippen molar-refractivity contribution in [1.82, 2.24) is 5.32 Å². The van der Waals surface area contributed by atoms with Crippen LogP contribution in [0.3, 0.4) is 0 Å². The number of carbonyl (C=O) groups is 2. The molecule has 0 aromatic carbocycles. The third-order valence-corrected chi connectivity index (χ3v) is 1.47. The number of primary amides is 1. The highest BCUT2D eigenvalue weighted by Gasteiger charge is 1.97. The number of carboxylic acids is 1. The van der Waals surface area contributed by atoms with Crippen molar-refractivity contribution in [2.45, 2.75) is 19.8 Å². The maximum atomic E-state index is 10.3. The van der Waals surface area contributed by atoms with Gasteiger partial charge >= 0.3 is 12.0 Å². The lowest BCUT2D eigenvalue weighted by Crippen LogP contribution is -2.29. The average molecular weight is 186 g/mol. The molecule has 0 aromatic rings. The van der Waals surface area contributed by atoms with E-state index in [1.54, 1.807) is 6.08 Å². The quantitative estimate of drug-likeness (QED) is 0.430. The monoisotopic (exact) mass is 186 g/mol. The number of carboxylic acid groups (broad SMARTS) is 1. The Hall–Kier alpha value is -1.52. The lowest BCUT2D eigenvalue weighted by molar-refractivity contribution is -0.132. The molecule has 0 aromatic heterocycles. The topological polar surface area (TPSA) is 92.4 Å². The second-order valence-electron chi connectivity index (χ2n) is 2.63. The zero-order valence-corrected chi connectivity index (χ0v) is 7.54. The van der Waals surface area contributed by atoms with E-state index >= 15 is 0 Å². The molecule has 0 atom stereocenters. The SMILES string of the molecule is CC(=CCCCNC(N)=O)C(=O)O. The Morgan fingerprint density at radius 1 is 1.54 bits per heavy atom. The van der Waals surface area contributed by atoms with Crippen LogP contribution in [0.1, 0.15) is 19.8 Å². The number of rotatable bonds is 5. The van der Waals surface area contributed by atoms with Crippen LogP contribution < -0.4 is 11.1 Å². The van der Waals surface area contributed by atoms with Crippen LogP contribution in [-0.4, -0.2) is 23.7 Å². The van der Waals surface area contributed by atoms with Gasteiger partial charge in [-0.25, -0.2) is 9.59 Å². The lowest BCUT2D eigenvalue weighted by atomic mass is 10.2. The summed E-state index contributed by atoms with van der Waals surface area (Å²) in [4.78, 5) is 20.5. The molecule has 0 saturated carbocycles. The molecule has 0 aliphatic heterocycles. The van der Waals surface area contributed by atoms with Gasteiger partial charge in [-0.2, -0.15) is 0 Å². The predicted molar refractivity (Wildman–Crippen MR) is 48.2 cm³/mol. The molecule has 0 bridgehead atoms. The number of unbranched alkanes of at least 4 members (excludes halogenated alkanes) is 1. The second-order valence-corrected chi connectivity index (χ2v) is 2.63. The van der Waals surface area contributed by atoms with Crippen LogP contribution in [0.15, 0.2) is 11.6 Å². The summed E-state index contributed by atoms with van der Waals surface area (Å²) in [5.74, 6) is -0.914. The number of nitrogens with one attached hydrogen (secondary N) is 1. The van der Waals surface area contributed by atoms with Crippen molar-refractivity contribution in [2.24, 2.45) is 5.73 Å². The first-order valence-corrected chi connectivity index (χ1v) is 3.97. The molecule has 5 nitrogen and oxygen atoms in total. The Morgan fingerprint density at radius 3 is 2.62 bits per heavy atom. The highest BCUT2D eigenvalue weighted by molar-refractivity contribution is 5.85. The summed E-state index contributed by atoms with van der Waals surface area (Å²) >= 11 is 0. The molecule has 5 heteroatoms. The number of hydrogen-bond acceptors (Lipinski definition) is 2. The summed E-state index contributed by atoms with van der Waals surface area (Å²) in [6.07, 6.45) is 2.93. The van der Waals surface area contributed by atoms with Crippen LogP contribution in [0.4, 0.5) is 4.79 Å². The molecule has 0 spiro atoms. The average Bonchev–Trinajstić information content (AvgIpc) is 2.02. The minimum atomic E-state index is -0.914. The first-order valence-electron chi connectivity index (χ1n) is 3.97. The fraction of sp³-hybridized carbons (Fsp3) is 0.500. The highest BCUT2D eigenvalue weighted by atomic mass is 16.4. The van der Waals surface area contributed by atoms with Crippen molar-refractivity contribution in [3.05, 3.63) is 11.6 Å². The summed E-state index contributed by atoms with van der Waals surface area (Å²) in [6, 6.07) is -0.557. The molecule has 0 heterocycles. The minimum Gasteiger partial charge on any atom is -0.478 e. The van der Waals surface area contributed by atoms with Gasteiger partial charge in [-0.05, 0) is 19.8 Å². The van der Waals surface area contributed by atoms with E-state index in [4.69, 9.17) is 10.8 Å². The predicted octanol–water partition coefficient (Wildman–Crippen LogP) is 0.466. The van der Waals surface area contributed by atoms with Crippen LogP contribution >= 0.6 is 0 Å². The van der Waals surface area contributed by atoms with Gasteiger partial charge in [0.15, 0.2) is 0 Å². The normalized spacial score (nSPS) is 11.0. The Labute approximate surface area is 76.6 Å². The summed E-state index contributed by atoms with van der Waals surface area (Å²) in [5.41, 5.74) is 5.14. The molecule has 4 N–H and O–H groups in total. The Morgan fingerprint density at radius 2 is 2.15 bits per heavy atom. The molecule has 0 aliphatic carbocycles. The van der Waals surface area contributed by atoms with Gasteiger partial charge in [0.25, 0.3) is 0 Å². The fourth-order valence-electron chi connectivity index (χ4n) is 0.720. The van der Waals surface area contributed by atoms with Crippen LogP contribution in [0, 0.1) is 0 Å². The first kappa shape index (κ1) is 11.5. The van der Waals surface area contributed by atoms with Gasteiger partial charge in [-0.1, -0.05) is 6.08 Å². The van der Waals surface area contributed by atoms with Gasteiger partial charge in [-0.15, -0.1) is 0 Å². The van der Waals surface area contributed by atoms with Gasteiger partial charge in [-0.3, -0.25) is 0 Å². The summed E-state index contributed by atoms with van der Waals surface area (Å²) in [6.45, 7) is 2.00. The van der Waals surface area contributed by atoms with E-state index in [2.05, 4.69) is 5.32 Å². The molecule has 0 unspecified atom stereocenters.